The Hall–Kier alpha value is -3.15. The van der Waals surface area contributed by atoms with E-state index in [0.717, 1.165) is 10.2 Å². The third-order valence-corrected chi connectivity index (χ3v) is 3.87. The van der Waals surface area contributed by atoms with E-state index in [-0.39, 0.29) is 23.6 Å². The van der Waals surface area contributed by atoms with Crippen LogP contribution in [0.15, 0.2) is 64.2 Å². The third kappa shape index (κ3) is 3.12. The molecule has 0 aliphatic heterocycles. The van der Waals surface area contributed by atoms with Gasteiger partial charge < -0.3 is 4.90 Å². The average Bonchev–Trinajstić information content (AvgIpc) is 2.60. The maximum Gasteiger partial charge on any atom is 0.273 e. The van der Waals surface area contributed by atoms with E-state index in [9.17, 15) is 14.4 Å². The van der Waals surface area contributed by atoms with Crippen molar-refractivity contribution in [2.75, 3.05) is 7.05 Å². The minimum Gasteiger partial charge on any atom is -0.340 e. The highest BCUT2D eigenvalue weighted by molar-refractivity contribution is 5.81. The summed E-state index contributed by atoms with van der Waals surface area (Å²) in [6.45, 7) is 0.231. The number of H-pyrrole nitrogens is 1. The van der Waals surface area contributed by atoms with E-state index in [4.69, 9.17) is 0 Å². The Kier molecular flexibility index (Phi) is 4.29. The predicted molar refractivity (Wildman–Crippen MR) is 91.7 cm³/mol. The molecule has 3 rings (SSSR count). The molecule has 0 aliphatic carbocycles. The summed E-state index contributed by atoms with van der Waals surface area (Å²) in [5.41, 5.74) is 0.225. The van der Waals surface area contributed by atoms with Crippen LogP contribution in [-0.2, 0) is 17.9 Å². The highest BCUT2D eigenvalue weighted by Gasteiger charge is 2.13. The van der Waals surface area contributed by atoms with Gasteiger partial charge in [-0.25, -0.2) is 4.68 Å². The van der Waals surface area contributed by atoms with Crippen molar-refractivity contribution in [3.8, 4) is 0 Å². The Morgan fingerprint density at radius 3 is 2.33 bits per heavy atom. The van der Waals surface area contributed by atoms with Gasteiger partial charge in [-0.3, -0.25) is 19.5 Å². The zero-order valence-corrected chi connectivity index (χ0v) is 13.2. The minimum atomic E-state index is -0.385. The standard InChI is InChI=1S/C18H17N3O3/c1-20(11-13-7-3-2-4-8-13)16(22)12-21-18(24)15-10-6-5-9-14(15)17(23)19-21/h2-10H,11-12H2,1H3,(H,19,23). The molecule has 0 saturated carbocycles. The molecule has 3 aromatic rings. The molecule has 1 aromatic heterocycles. The molecule has 122 valence electrons. The van der Waals surface area contributed by atoms with Gasteiger partial charge >= 0.3 is 0 Å². The van der Waals surface area contributed by atoms with Crippen LogP contribution in [0.4, 0.5) is 0 Å². The fraction of sp³-hybridized carbons (Fsp3) is 0.167. The Morgan fingerprint density at radius 2 is 1.62 bits per heavy atom. The molecule has 0 radical (unpaired) electrons. The first-order chi connectivity index (χ1) is 11.6. The van der Waals surface area contributed by atoms with Crippen molar-refractivity contribution in [2.24, 2.45) is 0 Å². The lowest BCUT2D eigenvalue weighted by atomic mass is 10.2. The molecule has 1 amide bonds. The number of benzene rings is 2. The van der Waals surface area contributed by atoms with E-state index in [2.05, 4.69) is 5.10 Å². The van der Waals surface area contributed by atoms with Crippen molar-refractivity contribution in [1.29, 1.82) is 0 Å². The van der Waals surface area contributed by atoms with Gasteiger partial charge in [0.15, 0.2) is 0 Å². The molecule has 24 heavy (non-hydrogen) atoms. The van der Waals surface area contributed by atoms with Gasteiger partial charge in [0.05, 0.1) is 10.8 Å². The number of nitrogens with one attached hydrogen (secondary N) is 1. The van der Waals surface area contributed by atoms with Crippen LogP contribution in [0.5, 0.6) is 0 Å². The van der Waals surface area contributed by atoms with Crippen molar-refractivity contribution in [3.63, 3.8) is 0 Å². The number of nitrogens with zero attached hydrogens (tertiary/aromatic N) is 2. The highest BCUT2D eigenvalue weighted by Crippen LogP contribution is 2.04. The second kappa shape index (κ2) is 6.54. The van der Waals surface area contributed by atoms with Crippen LogP contribution >= 0.6 is 0 Å². The van der Waals surface area contributed by atoms with Crippen molar-refractivity contribution in [3.05, 3.63) is 80.9 Å². The summed E-state index contributed by atoms with van der Waals surface area (Å²) in [6, 6.07) is 16.1. The number of likely N-dealkylation sites (N-methyl/N-ethyl adjacent to an activating group) is 1. The third-order valence-electron chi connectivity index (χ3n) is 3.87. The van der Waals surface area contributed by atoms with E-state index < -0.39 is 0 Å². The number of rotatable bonds is 4. The van der Waals surface area contributed by atoms with Crippen LogP contribution in [0.3, 0.4) is 0 Å². The van der Waals surface area contributed by atoms with Gasteiger partial charge in [-0.15, -0.1) is 0 Å². The lowest BCUT2D eigenvalue weighted by molar-refractivity contribution is -0.131. The minimum absolute atomic E-state index is 0.206. The number of fused-ring (bicyclic) bond motifs is 1. The van der Waals surface area contributed by atoms with Gasteiger partial charge in [-0.2, -0.15) is 0 Å². The Morgan fingerprint density at radius 1 is 1.00 bits per heavy atom. The molecule has 1 N–H and O–H groups in total. The second-order valence-electron chi connectivity index (χ2n) is 5.61. The average molecular weight is 323 g/mol. The van der Waals surface area contributed by atoms with Crippen molar-refractivity contribution in [1.82, 2.24) is 14.7 Å². The van der Waals surface area contributed by atoms with Crippen LogP contribution in [0, 0.1) is 0 Å². The summed E-state index contributed by atoms with van der Waals surface area (Å²) >= 11 is 0. The fourth-order valence-electron chi connectivity index (χ4n) is 2.56. The summed E-state index contributed by atoms with van der Waals surface area (Å²) < 4.78 is 1.06. The number of hydrogen-bond donors (Lipinski definition) is 1. The molecule has 6 heteroatoms. The number of carbonyl (C=O) groups is 1. The Balaban J connectivity index is 1.84. The topological polar surface area (TPSA) is 75.2 Å². The quantitative estimate of drug-likeness (QED) is 0.787. The van der Waals surface area contributed by atoms with Gasteiger partial charge in [0.25, 0.3) is 11.1 Å². The Labute approximate surface area is 137 Å². The summed E-state index contributed by atoms with van der Waals surface area (Å²) in [5, 5.41) is 3.10. The van der Waals surface area contributed by atoms with Gasteiger partial charge in [-0.05, 0) is 17.7 Å². The maximum atomic E-state index is 12.4. The molecule has 6 nitrogen and oxygen atoms in total. The molecule has 0 spiro atoms. The summed E-state index contributed by atoms with van der Waals surface area (Å²) in [7, 11) is 1.67. The molecular formula is C18H17N3O3. The van der Waals surface area contributed by atoms with E-state index in [1.54, 1.807) is 31.3 Å². The second-order valence-corrected chi connectivity index (χ2v) is 5.61. The van der Waals surface area contributed by atoms with E-state index in [1.165, 1.54) is 4.90 Å². The lowest BCUT2D eigenvalue weighted by Crippen LogP contribution is -2.37. The van der Waals surface area contributed by atoms with Gasteiger partial charge in [0, 0.05) is 13.6 Å². The number of carbonyl (C=O) groups excluding carboxylic acids is 1. The molecule has 0 bridgehead atoms. The summed E-state index contributed by atoms with van der Waals surface area (Å²) in [6.07, 6.45) is 0. The predicted octanol–water partition coefficient (Wildman–Crippen LogP) is 1.35. The SMILES string of the molecule is CN(Cc1ccccc1)C(=O)Cn1[nH]c(=O)c2ccccc2c1=O. The van der Waals surface area contributed by atoms with Crippen LogP contribution in [-0.4, -0.2) is 27.6 Å². The summed E-state index contributed by atoms with van der Waals surface area (Å²) in [4.78, 5) is 38.4. The maximum absolute atomic E-state index is 12.4. The van der Waals surface area contributed by atoms with E-state index >= 15 is 0 Å². The van der Waals surface area contributed by atoms with Crippen molar-refractivity contribution >= 4 is 16.7 Å². The normalized spacial score (nSPS) is 10.7. The van der Waals surface area contributed by atoms with E-state index in [1.807, 2.05) is 30.3 Å². The monoisotopic (exact) mass is 323 g/mol. The van der Waals surface area contributed by atoms with Crippen molar-refractivity contribution < 1.29 is 4.79 Å². The van der Waals surface area contributed by atoms with E-state index in [0.29, 0.717) is 17.3 Å². The lowest BCUT2D eigenvalue weighted by Gasteiger charge is -2.18. The first-order valence-electron chi connectivity index (χ1n) is 7.56. The van der Waals surface area contributed by atoms with Gasteiger partial charge in [-0.1, -0.05) is 42.5 Å². The number of hydrogen-bond acceptors (Lipinski definition) is 3. The molecule has 0 aliphatic rings. The van der Waals surface area contributed by atoms with Crippen LogP contribution in [0.25, 0.3) is 10.8 Å². The number of amides is 1. The zero-order valence-electron chi connectivity index (χ0n) is 13.2. The van der Waals surface area contributed by atoms with Gasteiger partial charge in [0.2, 0.25) is 5.91 Å². The molecule has 1 heterocycles. The number of aromatic nitrogens is 2. The summed E-state index contributed by atoms with van der Waals surface area (Å²) in [5.74, 6) is -0.258. The molecule has 0 fully saturated rings. The zero-order chi connectivity index (χ0) is 17.1. The molecule has 2 aromatic carbocycles. The molecule has 0 atom stereocenters. The fourth-order valence-corrected chi connectivity index (χ4v) is 2.56. The molecule has 0 unspecified atom stereocenters. The molecule has 0 saturated heterocycles. The smallest absolute Gasteiger partial charge is 0.273 e. The molecular weight excluding hydrogens is 306 g/mol. The van der Waals surface area contributed by atoms with Crippen LogP contribution in [0.1, 0.15) is 5.56 Å². The van der Waals surface area contributed by atoms with Crippen LogP contribution in [0.2, 0.25) is 0 Å². The Bertz CT molecular complexity index is 990. The first kappa shape index (κ1) is 15.7. The van der Waals surface area contributed by atoms with Gasteiger partial charge in [0.1, 0.15) is 6.54 Å². The highest BCUT2D eigenvalue weighted by atomic mass is 16.2. The van der Waals surface area contributed by atoms with Crippen LogP contribution < -0.4 is 11.1 Å². The first-order valence-corrected chi connectivity index (χ1v) is 7.56. The largest absolute Gasteiger partial charge is 0.340 e. The van der Waals surface area contributed by atoms with Crippen molar-refractivity contribution in [2.45, 2.75) is 13.1 Å². The number of aromatic amines is 1.